The number of alkyl halides is 1. The molecule has 0 saturated heterocycles. The maximum atomic E-state index is 12.4. The van der Waals surface area contributed by atoms with Crippen LogP contribution in [-0.2, 0) is 0 Å². The van der Waals surface area contributed by atoms with Crippen molar-refractivity contribution in [2.45, 2.75) is 37.2 Å². The van der Waals surface area contributed by atoms with E-state index >= 15 is 0 Å². The van der Waals surface area contributed by atoms with Gasteiger partial charge in [-0.1, -0.05) is 40.7 Å². The van der Waals surface area contributed by atoms with Gasteiger partial charge in [0.1, 0.15) is 5.69 Å². The highest BCUT2D eigenvalue weighted by Crippen LogP contribution is 2.34. The van der Waals surface area contributed by atoms with Gasteiger partial charge in [-0.3, -0.25) is 4.79 Å². The molecule has 1 aromatic carbocycles. The van der Waals surface area contributed by atoms with E-state index in [0.717, 1.165) is 24.1 Å². The third-order valence-corrected chi connectivity index (χ3v) is 4.83. The Hall–Kier alpha value is -2.67. The van der Waals surface area contributed by atoms with Crippen molar-refractivity contribution in [3.63, 3.8) is 0 Å². The van der Waals surface area contributed by atoms with Crippen LogP contribution in [0.25, 0.3) is 11.3 Å². The average molecular weight is 372 g/mol. The van der Waals surface area contributed by atoms with Crippen LogP contribution in [0.1, 0.15) is 47.4 Å². The zero-order valence-corrected chi connectivity index (χ0v) is 14.9. The fourth-order valence-corrected chi connectivity index (χ4v) is 3.27. The average Bonchev–Trinajstić information content (AvgIpc) is 3.27. The number of rotatable bonds is 5. The molecule has 0 spiro atoms. The van der Waals surface area contributed by atoms with Gasteiger partial charge in [0.25, 0.3) is 5.91 Å². The first-order valence-electron chi connectivity index (χ1n) is 8.49. The fourth-order valence-electron chi connectivity index (χ4n) is 3.11. The maximum Gasteiger partial charge on any atom is 0.290 e. The van der Waals surface area contributed by atoms with Gasteiger partial charge in [-0.2, -0.15) is 0 Å². The minimum Gasteiger partial charge on any atom is -0.350 e. The maximum absolute atomic E-state index is 12.4. The number of nitrogens with zero attached hydrogens (tertiary/aromatic N) is 4. The number of carbonyl (C=O) groups is 1. The number of hydrogen-bond donors (Lipinski definition) is 1. The summed E-state index contributed by atoms with van der Waals surface area (Å²) in [6.07, 6.45) is 3.25. The normalized spacial score (nSPS) is 20.4. The van der Waals surface area contributed by atoms with Crippen molar-refractivity contribution in [1.82, 2.24) is 25.5 Å². The molecule has 134 valence electrons. The van der Waals surface area contributed by atoms with Crippen LogP contribution in [0, 0.1) is 0 Å². The summed E-state index contributed by atoms with van der Waals surface area (Å²) in [5, 5.41) is 14.8. The van der Waals surface area contributed by atoms with Gasteiger partial charge in [0.15, 0.2) is 0 Å². The molecule has 1 fully saturated rings. The lowest BCUT2D eigenvalue weighted by atomic mass is 9.86. The summed E-state index contributed by atoms with van der Waals surface area (Å²) in [5.41, 5.74) is 2.45. The minimum absolute atomic E-state index is 0.0699. The molecule has 0 aliphatic heterocycles. The summed E-state index contributed by atoms with van der Waals surface area (Å²) in [6, 6.07) is 11.5. The van der Waals surface area contributed by atoms with Crippen LogP contribution in [-0.4, -0.2) is 32.1 Å². The van der Waals surface area contributed by atoms with Crippen molar-refractivity contribution >= 4 is 17.5 Å². The van der Waals surface area contributed by atoms with E-state index in [0.29, 0.717) is 5.69 Å². The molecule has 1 unspecified atom stereocenters. The van der Waals surface area contributed by atoms with E-state index in [1.807, 2.05) is 41.9 Å². The summed E-state index contributed by atoms with van der Waals surface area (Å²) < 4.78 is 7.04. The second-order valence-corrected chi connectivity index (χ2v) is 7.11. The molecule has 0 bridgehead atoms. The molecule has 4 rings (SSSR count). The quantitative estimate of drug-likeness (QED) is 0.695. The summed E-state index contributed by atoms with van der Waals surface area (Å²) in [7, 11) is 0. The highest BCUT2D eigenvalue weighted by Gasteiger charge is 2.34. The molecule has 1 aliphatic carbocycles. The first-order valence-corrected chi connectivity index (χ1v) is 8.92. The molecule has 1 N–H and O–H groups in total. The Labute approximate surface area is 155 Å². The smallest absolute Gasteiger partial charge is 0.290 e. The van der Waals surface area contributed by atoms with E-state index in [1.54, 1.807) is 12.3 Å². The van der Waals surface area contributed by atoms with Crippen molar-refractivity contribution in [2.75, 3.05) is 0 Å². The number of carbonyl (C=O) groups excluding carboxylic acids is 1. The standard InChI is InChI=1S/C18H18ClN5O2/c1-11(19)16-10-20-23-24(16)14-7-13(8-14)21-18(25)17-9-15(22-26-17)12-5-3-2-4-6-12/h2-6,9-11,13-14H,7-8H2,1H3,(H,21,25). The van der Waals surface area contributed by atoms with Crippen molar-refractivity contribution in [1.29, 1.82) is 0 Å². The number of amides is 1. The third kappa shape index (κ3) is 3.22. The molecule has 1 amide bonds. The Morgan fingerprint density at radius 2 is 2.12 bits per heavy atom. The van der Waals surface area contributed by atoms with Gasteiger partial charge in [0, 0.05) is 17.7 Å². The van der Waals surface area contributed by atoms with E-state index in [4.69, 9.17) is 16.1 Å². The molecule has 3 aromatic rings. The number of benzene rings is 1. The molecule has 26 heavy (non-hydrogen) atoms. The second kappa shape index (κ2) is 6.92. The van der Waals surface area contributed by atoms with Crippen LogP contribution < -0.4 is 5.32 Å². The van der Waals surface area contributed by atoms with Crippen molar-refractivity contribution in [2.24, 2.45) is 0 Å². The lowest BCUT2D eigenvalue weighted by molar-refractivity contribution is 0.0849. The number of hydrogen-bond acceptors (Lipinski definition) is 5. The Morgan fingerprint density at radius 1 is 1.35 bits per heavy atom. The summed E-state index contributed by atoms with van der Waals surface area (Å²) in [4.78, 5) is 12.4. The van der Waals surface area contributed by atoms with Crippen LogP contribution in [0.3, 0.4) is 0 Å². The fraction of sp³-hybridized carbons (Fsp3) is 0.333. The number of aromatic nitrogens is 4. The summed E-state index contributed by atoms with van der Waals surface area (Å²) in [6.45, 7) is 1.89. The van der Waals surface area contributed by atoms with E-state index in [1.165, 1.54) is 0 Å². The molecule has 1 atom stereocenters. The molecule has 1 saturated carbocycles. The lowest BCUT2D eigenvalue weighted by Gasteiger charge is -2.36. The highest BCUT2D eigenvalue weighted by atomic mass is 35.5. The van der Waals surface area contributed by atoms with E-state index in [9.17, 15) is 4.79 Å². The van der Waals surface area contributed by atoms with Gasteiger partial charge in [-0.15, -0.1) is 16.7 Å². The molecular weight excluding hydrogens is 354 g/mol. The molecule has 2 aromatic heterocycles. The predicted octanol–water partition coefficient (Wildman–Crippen LogP) is 3.37. The summed E-state index contributed by atoms with van der Waals surface area (Å²) >= 11 is 6.14. The largest absolute Gasteiger partial charge is 0.350 e. The van der Waals surface area contributed by atoms with Crippen LogP contribution in [0.5, 0.6) is 0 Å². The van der Waals surface area contributed by atoms with Crippen molar-refractivity contribution in [3.05, 3.63) is 54.0 Å². The van der Waals surface area contributed by atoms with Gasteiger partial charge in [0.05, 0.1) is 23.3 Å². The van der Waals surface area contributed by atoms with Crippen LogP contribution >= 0.6 is 11.6 Å². The molecule has 7 nitrogen and oxygen atoms in total. The Morgan fingerprint density at radius 3 is 2.85 bits per heavy atom. The van der Waals surface area contributed by atoms with Gasteiger partial charge >= 0.3 is 0 Å². The monoisotopic (exact) mass is 371 g/mol. The Kier molecular flexibility index (Phi) is 4.46. The molecule has 1 aliphatic rings. The number of halogens is 1. The molecule has 2 heterocycles. The SMILES string of the molecule is CC(Cl)c1cnnn1C1CC(NC(=O)c2cc(-c3ccccc3)no2)C1. The Bertz CT molecular complexity index is 899. The lowest BCUT2D eigenvalue weighted by Crippen LogP contribution is -2.45. The first kappa shape index (κ1) is 16.8. The molecular formula is C18H18ClN5O2. The topological polar surface area (TPSA) is 85.8 Å². The zero-order chi connectivity index (χ0) is 18.1. The van der Waals surface area contributed by atoms with E-state index in [2.05, 4.69) is 20.8 Å². The number of nitrogens with one attached hydrogen (secondary N) is 1. The highest BCUT2D eigenvalue weighted by molar-refractivity contribution is 6.20. The predicted molar refractivity (Wildman–Crippen MR) is 95.8 cm³/mol. The van der Waals surface area contributed by atoms with Gasteiger partial charge in [-0.05, 0) is 19.8 Å². The van der Waals surface area contributed by atoms with Gasteiger partial charge in [-0.25, -0.2) is 4.68 Å². The van der Waals surface area contributed by atoms with Crippen LogP contribution in [0.15, 0.2) is 47.1 Å². The molecule has 0 radical (unpaired) electrons. The third-order valence-electron chi connectivity index (χ3n) is 4.61. The van der Waals surface area contributed by atoms with E-state index in [-0.39, 0.29) is 29.1 Å². The van der Waals surface area contributed by atoms with Gasteiger partial charge < -0.3 is 9.84 Å². The second-order valence-electron chi connectivity index (χ2n) is 6.46. The van der Waals surface area contributed by atoms with Crippen LogP contribution in [0.4, 0.5) is 0 Å². The van der Waals surface area contributed by atoms with Gasteiger partial charge in [0.2, 0.25) is 5.76 Å². The first-order chi connectivity index (χ1) is 12.6. The van der Waals surface area contributed by atoms with Crippen molar-refractivity contribution in [3.8, 4) is 11.3 Å². The van der Waals surface area contributed by atoms with E-state index < -0.39 is 0 Å². The van der Waals surface area contributed by atoms with Crippen molar-refractivity contribution < 1.29 is 9.32 Å². The Balaban J connectivity index is 1.36. The zero-order valence-electron chi connectivity index (χ0n) is 14.2. The van der Waals surface area contributed by atoms with Crippen LogP contribution in [0.2, 0.25) is 0 Å². The minimum atomic E-state index is -0.257. The summed E-state index contributed by atoms with van der Waals surface area (Å²) in [5.74, 6) is -0.0456. The molecule has 8 heteroatoms.